The second-order valence-electron chi connectivity index (χ2n) is 20.0. The van der Waals surface area contributed by atoms with E-state index in [4.69, 9.17) is 9.47 Å². The molecule has 10 heteroatoms. The first kappa shape index (κ1) is 58.7. The Balaban J connectivity index is 1.15. The molecule has 0 aliphatic heterocycles. The lowest BCUT2D eigenvalue weighted by Crippen LogP contribution is -1.98. The van der Waals surface area contributed by atoms with Crippen LogP contribution in [-0.4, -0.2) is 25.2 Å². The lowest BCUT2D eigenvalue weighted by atomic mass is 10.0. The predicted molar refractivity (Wildman–Crippen MR) is 326 cm³/mol. The molecule has 6 aromatic rings. The molecule has 0 radical (unpaired) electrons. The maximum Gasteiger partial charge on any atom is 0.330 e. The van der Waals surface area contributed by atoms with Gasteiger partial charge in [-0.3, -0.25) is 0 Å². The highest BCUT2D eigenvalue weighted by molar-refractivity contribution is 7.46. The number of hydrogen-bond acceptors (Lipinski definition) is 10. The zero-order valence-corrected chi connectivity index (χ0v) is 49.6. The molecular weight excluding hydrogens is 1000 g/mol. The van der Waals surface area contributed by atoms with Gasteiger partial charge in [-0.15, -0.1) is 68.0 Å². The molecule has 0 saturated carbocycles. The summed E-state index contributed by atoms with van der Waals surface area (Å²) < 4.78 is 19.2. The van der Waals surface area contributed by atoms with Crippen molar-refractivity contribution in [1.29, 1.82) is 0 Å². The number of fused-ring (bicyclic) bond motifs is 5. The Morgan fingerprint density at radius 3 is 0.958 bits per heavy atom. The number of carbonyl (C=O) groups is 2. The number of rotatable bonds is 40. The first-order valence-electron chi connectivity index (χ1n) is 28.8. The van der Waals surface area contributed by atoms with E-state index in [1.54, 1.807) is 34.8 Å². The van der Waals surface area contributed by atoms with E-state index in [-0.39, 0.29) is 11.9 Å². The van der Waals surface area contributed by atoms with Gasteiger partial charge in [0.1, 0.15) is 0 Å². The average molecular weight is 1090 g/mol. The van der Waals surface area contributed by atoms with Gasteiger partial charge in [0, 0.05) is 41.4 Å². The Hall–Kier alpha value is -2.60. The van der Waals surface area contributed by atoms with Crippen LogP contribution in [0.2, 0.25) is 0 Å². The summed E-state index contributed by atoms with van der Waals surface area (Å²) in [5.41, 5.74) is 3.06. The van der Waals surface area contributed by atoms with Gasteiger partial charge in [-0.2, -0.15) is 0 Å². The van der Waals surface area contributed by atoms with Crippen molar-refractivity contribution in [2.24, 2.45) is 0 Å². The van der Waals surface area contributed by atoms with Crippen LogP contribution in [0.5, 0.6) is 0 Å². The number of ether oxygens (including phenoxy) is 2. The molecule has 6 heterocycles. The molecule has 0 bridgehead atoms. The van der Waals surface area contributed by atoms with Gasteiger partial charge in [-0.1, -0.05) is 194 Å². The van der Waals surface area contributed by atoms with Gasteiger partial charge in [0.15, 0.2) is 0 Å². The zero-order valence-electron chi connectivity index (χ0n) is 44.7. The normalized spacial score (nSPS) is 12.1. The lowest BCUT2D eigenvalue weighted by molar-refractivity contribution is -0.138. The summed E-state index contributed by atoms with van der Waals surface area (Å²) in [7, 11) is 0. The molecule has 0 fully saturated rings. The number of unbranched alkanes of at least 4 members (excludes halogenated alkanes) is 28. The Kier molecular flexibility index (Phi) is 27.8. The standard InChI is InChI=1S/C62H88O4S6/c1-5-9-11-13-15-17-19-21-23-25-27-29-31-33-35-37-49-55(51-43-39-47(67-51)41-45-53(63)65-7-3)69-59-57(49)71-62-60-58(72-61(59)62)50(56(70-60)52-44-40-48(68-52)42-46-54(64)66-8-4)38-36-34-32-30-28-26-24-22-20-18-16-14-12-10-6-2/h39-46H,5-38H2,1-4H3/b45-41+,46-42+. The second kappa shape index (κ2) is 34.1. The Morgan fingerprint density at radius 2 is 0.653 bits per heavy atom. The van der Waals surface area contributed by atoms with E-state index in [0.717, 1.165) is 22.6 Å². The number of aryl methyl sites for hydroxylation is 2. The predicted octanol–water partition coefficient (Wildman–Crippen LogP) is 22.8. The van der Waals surface area contributed by atoms with Gasteiger partial charge in [-0.25, -0.2) is 9.59 Å². The van der Waals surface area contributed by atoms with Gasteiger partial charge < -0.3 is 9.47 Å². The molecule has 72 heavy (non-hydrogen) atoms. The largest absolute Gasteiger partial charge is 0.463 e. The van der Waals surface area contributed by atoms with Crippen LogP contribution in [0.4, 0.5) is 0 Å². The number of hydrogen-bond donors (Lipinski definition) is 0. The van der Waals surface area contributed by atoms with Gasteiger partial charge in [0.2, 0.25) is 0 Å². The number of thiophene rings is 6. The van der Waals surface area contributed by atoms with Crippen LogP contribution in [0, 0.1) is 0 Å². The maximum absolute atomic E-state index is 12.2. The van der Waals surface area contributed by atoms with E-state index in [2.05, 4.69) is 38.1 Å². The molecule has 0 unspecified atom stereocenters. The lowest BCUT2D eigenvalue weighted by Gasteiger charge is -2.05. The van der Waals surface area contributed by atoms with Crippen molar-refractivity contribution in [3.63, 3.8) is 0 Å². The van der Waals surface area contributed by atoms with Crippen molar-refractivity contribution >= 4 is 120 Å². The zero-order chi connectivity index (χ0) is 50.6. The molecule has 0 saturated heterocycles. The minimum absolute atomic E-state index is 0.287. The molecule has 0 amide bonds. The summed E-state index contributed by atoms with van der Waals surface area (Å²) in [6, 6.07) is 8.85. The third-order valence-corrected chi connectivity index (χ3v) is 22.2. The fraction of sp³-hybridized carbons (Fsp3) is 0.613. The van der Waals surface area contributed by atoms with Crippen LogP contribution in [-0.2, 0) is 31.9 Å². The van der Waals surface area contributed by atoms with Crippen LogP contribution < -0.4 is 0 Å². The van der Waals surface area contributed by atoms with Crippen LogP contribution in [0.15, 0.2) is 36.4 Å². The highest BCUT2D eigenvalue weighted by Crippen LogP contribution is 2.56. The Bertz CT molecular complexity index is 2340. The van der Waals surface area contributed by atoms with E-state index in [9.17, 15) is 9.59 Å². The monoisotopic (exact) mass is 1090 g/mol. The number of esters is 2. The van der Waals surface area contributed by atoms with Crippen LogP contribution >= 0.6 is 68.0 Å². The molecule has 0 aliphatic carbocycles. The fourth-order valence-electron chi connectivity index (χ4n) is 10.0. The molecular formula is C62H88O4S6. The molecule has 0 atom stereocenters. The minimum atomic E-state index is -0.287. The van der Waals surface area contributed by atoms with E-state index < -0.39 is 0 Å². The Morgan fingerprint density at radius 1 is 0.361 bits per heavy atom. The summed E-state index contributed by atoms with van der Waals surface area (Å²) in [6.45, 7) is 9.07. The van der Waals surface area contributed by atoms with E-state index in [1.165, 1.54) is 251 Å². The molecule has 6 rings (SSSR count). The van der Waals surface area contributed by atoms with Crippen molar-refractivity contribution in [1.82, 2.24) is 0 Å². The molecule has 6 aromatic heterocycles. The van der Waals surface area contributed by atoms with Crippen molar-refractivity contribution in [2.45, 2.75) is 233 Å². The van der Waals surface area contributed by atoms with Crippen LogP contribution in [0.3, 0.4) is 0 Å². The first-order valence-corrected chi connectivity index (χ1v) is 33.7. The third-order valence-electron chi connectivity index (χ3n) is 14.0. The summed E-state index contributed by atoms with van der Waals surface area (Å²) in [6.07, 6.45) is 50.4. The number of carbonyl (C=O) groups excluding carboxylic acids is 2. The van der Waals surface area contributed by atoms with Gasteiger partial charge >= 0.3 is 11.9 Å². The van der Waals surface area contributed by atoms with E-state index in [1.807, 2.05) is 71.3 Å². The van der Waals surface area contributed by atoms with E-state index >= 15 is 0 Å². The van der Waals surface area contributed by atoms with Gasteiger partial charge in [0.05, 0.1) is 41.4 Å². The van der Waals surface area contributed by atoms with Crippen molar-refractivity contribution < 1.29 is 19.1 Å². The van der Waals surface area contributed by atoms with Crippen LogP contribution in [0.25, 0.3) is 59.9 Å². The van der Waals surface area contributed by atoms with Crippen LogP contribution in [0.1, 0.15) is 241 Å². The maximum atomic E-state index is 12.2. The smallest absolute Gasteiger partial charge is 0.330 e. The quantitative estimate of drug-likeness (QED) is 0.0219. The van der Waals surface area contributed by atoms with E-state index in [0.29, 0.717) is 13.2 Å². The highest BCUT2D eigenvalue weighted by atomic mass is 32.1. The minimum Gasteiger partial charge on any atom is -0.463 e. The molecule has 396 valence electrons. The van der Waals surface area contributed by atoms with Crippen molar-refractivity contribution in [2.75, 3.05) is 13.2 Å². The van der Waals surface area contributed by atoms with Crippen molar-refractivity contribution in [3.05, 3.63) is 57.3 Å². The topological polar surface area (TPSA) is 52.6 Å². The first-order chi connectivity index (χ1) is 35.4. The van der Waals surface area contributed by atoms with Gasteiger partial charge in [-0.05, 0) is 87.1 Å². The van der Waals surface area contributed by atoms with Gasteiger partial charge in [0.25, 0.3) is 0 Å². The summed E-state index contributed by atoms with van der Waals surface area (Å²) >= 11 is 11.7. The van der Waals surface area contributed by atoms with Crippen molar-refractivity contribution in [3.8, 4) is 19.5 Å². The summed E-state index contributed by atoms with van der Waals surface area (Å²) in [5, 5.41) is 0. The molecule has 0 N–H and O–H groups in total. The summed E-state index contributed by atoms with van der Waals surface area (Å²) in [5.74, 6) is -0.573. The molecule has 0 aliphatic rings. The average Bonchev–Trinajstić information content (AvgIpc) is 4.25. The molecule has 0 aromatic carbocycles. The fourth-order valence-corrected chi connectivity index (χ4v) is 18.4. The summed E-state index contributed by atoms with van der Waals surface area (Å²) in [4.78, 5) is 32.0. The molecule has 4 nitrogen and oxygen atoms in total. The second-order valence-corrected chi connectivity index (χ2v) is 26.3. The third kappa shape index (κ3) is 18.9. The SMILES string of the molecule is CCCCCCCCCCCCCCCCCc1c(-c2ccc(/C=C/C(=O)OCC)s2)sc2c1sc1c3sc(-c4ccc(/C=C/C(=O)OCC)s4)c(CCCCCCCCCCCCCCCCC)c3sc21. The molecule has 0 spiro atoms. The Labute approximate surface area is 459 Å². The highest BCUT2D eigenvalue weighted by Gasteiger charge is 2.26.